The molecule has 2 amide bonds. The summed E-state index contributed by atoms with van der Waals surface area (Å²) in [6.45, 7) is 4.87. The Labute approximate surface area is 204 Å². The van der Waals surface area contributed by atoms with E-state index in [0.29, 0.717) is 36.0 Å². The molecule has 1 N–H and O–H groups in total. The van der Waals surface area contributed by atoms with Crippen LogP contribution in [-0.2, 0) is 9.59 Å². The zero-order valence-electron chi connectivity index (χ0n) is 19.2. The average molecular weight is 478 g/mol. The highest BCUT2D eigenvalue weighted by atomic mass is 35.5. The van der Waals surface area contributed by atoms with Crippen LogP contribution in [0.3, 0.4) is 0 Å². The third kappa shape index (κ3) is 5.88. The minimum absolute atomic E-state index is 0.213. The van der Waals surface area contributed by atoms with E-state index < -0.39 is 0 Å². The Balaban J connectivity index is 1.32. The van der Waals surface area contributed by atoms with Crippen molar-refractivity contribution in [1.29, 1.82) is 0 Å². The highest BCUT2D eigenvalue weighted by Crippen LogP contribution is 2.30. The van der Waals surface area contributed by atoms with Crippen molar-refractivity contribution in [1.82, 2.24) is 4.90 Å². The van der Waals surface area contributed by atoms with Gasteiger partial charge in [-0.15, -0.1) is 0 Å². The van der Waals surface area contributed by atoms with Gasteiger partial charge in [0.2, 0.25) is 11.8 Å². The fourth-order valence-corrected chi connectivity index (χ4v) is 4.25. The molecular formula is C27H28ClN3O3. The molecule has 0 saturated carbocycles. The van der Waals surface area contributed by atoms with Gasteiger partial charge in [0.1, 0.15) is 11.5 Å². The van der Waals surface area contributed by atoms with Crippen LogP contribution in [-0.4, -0.2) is 42.9 Å². The second-order valence-corrected chi connectivity index (χ2v) is 8.58. The van der Waals surface area contributed by atoms with Crippen LogP contribution in [0.2, 0.25) is 5.02 Å². The van der Waals surface area contributed by atoms with Crippen LogP contribution in [0, 0.1) is 0 Å². The zero-order valence-corrected chi connectivity index (χ0v) is 19.9. The van der Waals surface area contributed by atoms with Crippen molar-refractivity contribution >= 4 is 40.9 Å². The fourth-order valence-electron chi connectivity index (χ4n) is 3.95. The lowest BCUT2D eigenvalue weighted by molar-refractivity contribution is -0.131. The standard InChI is InChI=1S/C27H28ClN3O3/c1-2-6-27(33)31-17-15-30(16-18-31)24-12-9-21(19-23(24)28)29-26(32)14-11-22-10-13-25(34-22)20-7-4-3-5-8-20/h3-5,7-14,19H,2,6,15-18H2,1H3,(H,29,32)/b14-11+. The van der Waals surface area contributed by atoms with E-state index in [1.165, 1.54) is 6.08 Å². The number of nitrogens with one attached hydrogen (secondary N) is 1. The Bertz CT molecular complexity index is 1160. The maximum Gasteiger partial charge on any atom is 0.248 e. The summed E-state index contributed by atoms with van der Waals surface area (Å²) < 4.78 is 5.79. The minimum Gasteiger partial charge on any atom is -0.457 e. The molecule has 0 radical (unpaired) electrons. The molecule has 1 aliphatic heterocycles. The normalized spacial score (nSPS) is 13.9. The lowest BCUT2D eigenvalue weighted by Gasteiger charge is -2.36. The van der Waals surface area contributed by atoms with Crippen LogP contribution < -0.4 is 10.2 Å². The summed E-state index contributed by atoms with van der Waals surface area (Å²) in [6, 6.07) is 19.0. The van der Waals surface area contributed by atoms with E-state index in [1.807, 2.05) is 66.4 Å². The number of rotatable bonds is 7. The van der Waals surface area contributed by atoms with Gasteiger partial charge in [0.15, 0.2) is 0 Å². The van der Waals surface area contributed by atoms with Crippen molar-refractivity contribution in [2.45, 2.75) is 19.8 Å². The highest BCUT2D eigenvalue weighted by molar-refractivity contribution is 6.33. The van der Waals surface area contributed by atoms with E-state index in [2.05, 4.69) is 10.2 Å². The number of benzene rings is 2. The smallest absolute Gasteiger partial charge is 0.248 e. The van der Waals surface area contributed by atoms with Crippen LogP contribution in [0.15, 0.2) is 71.2 Å². The molecule has 0 unspecified atom stereocenters. The van der Waals surface area contributed by atoms with Crippen molar-refractivity contribution in [3.05, 3.63) is 77.5 Å². The zero-order chi connectivity index (χ0) is 23.9. The number of hydrogen-bond acceptors (Lipinski definition) is 4. The number of amides is 2. The Kier molecular flexibility index (Phi) is 7.70. The van der Waals surface area contributed by atoms with Crippen molar-refractivity contribution in [2.24, 2.45) is 0 Å². The first kappa shape index (κ1) is 23.6. The molecular weight excluding hydrogens is 450 g/mol. The summed E-state index contributed by atoms with van der Waals surface area (Å²) in [4.78, 5) is 28.6. The molecule has 0 spiro atoms. The van der Waals surface area contributed by atoms with E-state index >= 15 is 0 Å². The topological polar surface area (TPSA) is 65.8 Å². The quantitative estimate of drug-likeness (QED) is 0.443. The molecule has 7 heteroatoms. The third-order valence-corrected chi connectivity index (χ3v) is 6.04. The Morgan fingerprint density at radius 1 is 1.03 bits per heavy atom. The second-order valence-electron chi connectivity index (χ2n) is 8.17. The number of piperazine rings is 1. The van der Waals surface area contributed by atoms with Gasteiger partial charge >= 0.3 is 0 Å². The molecule has 1 aromatic heterocycles. The minimum atomic E-state index is -0.274. The van der Waals surface area contributed by atoms with Crippen LogP contribution in [0.5, 0.6) is 0 Å². The van der Waals surface area contributed by atoms with Crippen molar-refractivity contribution in [3.63, 3.8) is 0 Å². The molecule has 4 rings (SSSR count). The van der Waals surface area contributed by atoms with Crippen molar-refractivity contribution < 1.29 is 14.0 Å². The van der Waals surface area contributed by atoms with E-state index in [0.717, 1.165) is 36.5 Å². The molecule has 6 nitrogen and oxygen atoms in total. The summed E-state index contributed by atoms with van der Waals surface area (Å²) in [7, 11) is 0. The maximum absolute atomic E-state index is 12.4. The lowest BCUT2D eigenvalue weighted by Crippen LogP contribution is -2.48. The van der Waals surface area contributed by atoms with Gasteiger partial charge in [0.05, 0.1) is 10.7 Å². The number of nitrogens with zero attached hydrogens (tertiary/aromatic N) is 2. The molecule has 0 bridgehead atoms. The van der Waals surface area contributed by atoms with Gasteiger partial charge in [-0.05, 0) is 42.8 Å². The molecule has 1 aliphatic rings. The molecule has 1 fully saturated rings. The predicted molar refractivity (Wildman–Crippen MR) is 137 cm³/mol. The van der Waals surface area contributed by atoms with Crippen molar-refractivity contribution in [3.8, 4) is 11.3 Å². The van der Waals surface area contributed by atoms with Gasteiger partial charge < -0.3 is 19.5 Å². The first-order valence-electron chi connectivity index (χ1n) is 11.5. The fraction of sp³-hybridized carbons (Fsp3) is 0.259. The molecule has 0 aliphatic carbocycles. The monoisotopic (exact) mass is 477 g/mol. The van der Waals surface area contributed by atoms with Gasteiger partial charge in [-0.1, -0.05) is 48.9 Å². The van der Waals surface area contributed by atoms with Crippen LogP contribution >= 0.6 is 11.6 Å². The summed E-state index contributed by atoms with van der Waals surface area (Å²) in [5.41, 5.74) is 2.50. The van der Waals surface area contributed by atoms with Crippen LogP contribution in [0.4, 0.5) is 11.4 Å². The van der Waals surface area contributed by atoms with Gasteiger partial charge in [0.25, 0.3) is 0 Å². The number of carbonyl (C=O) groups excluding carboxylic acids is 2. The summed E-state index contributed by atoms with van der Waals surface area (Å²) in [5.74, 6) is 1.28. The number of furan rings is 1. The lowest BCUT2D eigenvalue weighted by atomic mass is 10.2. The first-order chi connectivity index (χ1) is 16.5. The maximum atomic E-state index is 12.4. The SMILES string of the molecule is CCCC(=O)N1CCN(c2ccc(NC(=O)/C=C/c3ccc(-c4ccccc4)o3)cc2Cl)CC1. The number of halogens is 1. The number of hydrogen-bond donors (Lipinski definition) is 1. The second kappa shape index (κ2) is 11.1. The molecule has 2 heterocycles. The van der Waals surface area contributed by atoms with Crippen molar-refractivity contribution in [2.75, 3.05) is 36.4 Å². The van der Waals surface area contributed by atoms with E-state index in [1.54, 1.807) is 12.1 Å². The van der Waals surface area contributed by atoms with E-state index in [-0.39, 0.29) is 11.8 Å². The summed E-state index contributed by atoms with van der Waals surface area (Å²) >= 11 is 6.52. The molecule has 2 aromatic carbocycles. The highest BCUT2D eigenvalue weighted by Gasteiger charge is 2.22. The Hall–Kier alpha value is -3.51. The summed E-state index contributed by atoms with van der Waals surface area (Å²) in [6.07, 6.45) is 4.53. The predicted octanol–water partition coefficient (Wildman–Crippen LogP) is 5.70. The van der Waals surface area contributed by atoms with Crippen LogP contribution in [0.25, 0.3) is 17.4 Å². The molecule has 34 heavy (non-hydrogen) atoms. The van der Waals surface area contributed by atoms with Gasteiger partial charge in [0, 0.05) is 49.9 Å². The van der Waals surface area contributed by atoms with Crippen LogP contribution in [0.1, 0.15) is 25.5 Å². The number of carbonyl (C=O) groups is 2. The summed E-state index contributed by atoms with van der Waals surface area (Å²) in [5, 5.41) is 3.40. The van der Waals surface area contributed by atoms with Gasteiger partial charge in [-0.25, -0.2) is 0 Å². The Morgan fingerprint density at radius 3 is 2.50 bits per heavy atom. The Morgan fingerprint density at radius 2 is 1.79 bits per heavy atom. The molecule has 0 atom stereocenters. The largest absolute Gasteiger partial charge is 0.457 e. The molecule has 176 valence electrons. The van der Waals surface area contributed by atoms with Gasteiger partial charge in [-0.2, -0.15) is 0 Å². The first-order valence-corrected chi connectivity index (χ1v) is 11.9. The average Bonchev–Trinajstić information content (AvgIpc) is 3.33. The molecule has 3 aromatic rings. The van der Waals surface area contributed by atoms with E-state index in [9.17, 15) is 9.59 Å². The third-order valence-electron chi connectivity index (χ3n) is 5.74. The molecule has 1 saturated heterocycles. The van der Waals surface area contributed by atoms with E-state index in [4.69, 9.17) is 16.0 Å². The number of anilines is 2. The van der Waals surface area contributed by atoms with Gasteiger partial charge in [-0.3, -0.25) is 9.59 Å².